The fraction of sp³-hybridized carbons (Fsp3) is 0.417. The van der Waals surface area contributed by atoms with Gasteiger partial charge in [0.1, 0.15) is 11.4 Å². The SMILES string of the molecule is CC(C)(C)OC(=O)c1ccc(CO)c(O)c1. The zero-order chi connectivity index (χ0) is 12.3. The van der Waals surface area contributed by atoms with Crippen molar-refractivity contribution in [3.63, 3.8) is 0 Å². The summed E-state index contributed by atoms with van der Waals surface area (Å²) in [4.78, 5) is 11.6. The van der Waals surface area contributed by atoms with E-state index in [0.29, 0.717) is 5.56 Å². The fourth-order valence-corrected chi connectivity index (χ4v) is 1.16. The van der Waals surface area contributed by atoms with Gasteiger partial charge in [-0.15, -0.1) is 0 Å². The highest BCUT2D eigenvalue weighted by molar-refractivity contribution is 5.90. The molecule has 4 heteroatoms. The van der Waals surface area contributed by atoms with E-state index in [1.807, 2.05) is 0 Å². The Hall–Kier alpha value is -1.55. The third-order valence-electron chi connectivity index (χ3n) is 1.89. The maximum absolute atomic E-state index is 11.6. The second-order valence-electron chi connectivity index (χ2n) is 4.50. The molecular weight excluding hydrogens is 208 g/mol. The monoisotopic (exact) mass is 224 g/mol. The van der Waals surface area contributed by atoms with Crippen LogP contribution in [0.1, 0.15) is 36.7 Å². The average molecular weight is 224 g/mol. The molecule has 0 atom stereocenters. The van der Waals surface area contributed by atoms with Crippen LogP contribution in [0.2, 0.25) is 0 Å². The van der Waals surface area contributed by atoms with Crippen LogP contribution >= 0.6 is 0 Å². The lowest BCUT2D eigenvalue weighted by Gasteiger charge is -2.19. The van der Waals surface area contributed by atoms with E-state index in [2.05, 4.69) is 0 Å². The molecule has 0 amide bonds. The van der Waals surface area contributed by atoms with Gasteiger partial charge in [0.05, 0.1) is 12.2 Å². The highest BCUT2D eigenvalue weighted by atomic mass is 16.6. The number of carbonyl (C=O) groups excluding carboxylic acids is 1. The number of esters is 1. The first-order valence-electron chi connectivity index (χ1n) is 4.99. The van der Waals surface area contributed by atoms with E-state index in [9.17, 15) is 9.90 Å². The molecule has 88 valence electrons. The highest BCUT2D eigenvalue weighted by Crippen LogP contribution is 2.20. The summed E-state index contributed by atoms with van der Waals surface area (Å²) in [5.41, 5.74) is 0.0828. The summed E-state index contributed by atoms with van der Waals surface area (Å²) >= 11 is 0. The fourth-order valence-electron chi connectivity index (χ4n) is 1.16. The van der Waals surface area contributed by atoms with Crippen LogP contribution in [0, 0.1) is 0 Å². The van der Waals surface area contributed by atoms with Gasteiger partial charge in [-0.2, -0.15) is 0 Å². The molecule has 0 radical (unpaired) electrons. The Balaban J connectivity index is 2.89. The maximum atomic E-state index is 11.6. The molecule has 1 aromatic rings. The lowest BCUT2D eigenvalue weighted by Crippen LogP contribution is -2.23. The number of hydrogen-bond acceptors (Lipinski definition) is 4. The smallest absolute Gasteiger partial charge is 0.338 e. The summed E-state index contributed by atoms with van der Waals surface area (Å²) in [5, 5.41) is 18.3. The van der Waals surface area contributed by atoms with Crippen LogP contribution < -0.4 is 0 Å². The number of aliphatic hydroxyl groups is 1. The largest absolute Gasteiger partial charge is 0.508 e. The van der Waals surface area contributed by atoms with Gasteiger partial charge < -0.3 is 14.9 Å². The third kappa shape index (κ3) is 3.24. The Labute approximate surface area is 94.5 Å². The van der Waals surface area contributed by atoms with Gasteiger partial charge in [0.25, 0.3) is 0 Å². The molecule has 0 bridgehead atoms. The van der Waals surface area contributed by atoms with E-state index >= 15 is 0 Å². The Morgan fingerprint density at radius 2 is 2.00 bits per heavy atom. The Morgan fingerprint density at radius 3 is 2.44 bits per heavy atom. The van der Waals surface area contributed by atoms with Crippen molar-refractivity contribution in [1.29, 1.82) is 0 Å². The van der Waals surface area contributed by atoms with Crippen molar-refractivity contribution in [2.45, 2.75) is 33.0 Å². The van der Waals surface area contributed by atoms with E-state index in [1.165, 1.54) is 18.2 Å². The van der Waals surface area contributed by atoms with Crippen LogP contribution in [0.4, 0.5) is 0 Å². The van der Waals surface area contributed by atoms with Gasteiger partial charge >= 0.3 is 5.97 Å². The summed E-state index contributed by atoms with van der Waals surface area (Å²) in [6, 6.07) is 4.30. The van der Waals surface area contributed by atoms with Gasteiger partial charge in [-0.05, 0) is 32.9 Å². The average Bonchev–Trinajstić information content (AvgIpc) is 2.15. The Morgan fingerprint density at radius 1 is 1.38 bits per heavy atom. The summed E-state index contributed by atoms with van der Waals surface area (Å²) < 4.78 is 5.14. The minimum atomic E-state index is -0.567. The number of carbonyl (C=O) groups is 1. The van der Waals surface area contributed by atoms with Crippen molar-refractivity contribution in [3.8, 4) is 5.75 Å². The van der Waals surface area contributed by atoms with Gasteiger partial charge in [0.15, 0.2) is 0 Å². The molecule has 0 aliphatic rings. The molecule has 16 heavy (non-hydrogen) atoms. The number of benzene rings is 1. The number of phenols is 1. The normalized spacial score (nSPS) is 11.2. The van der Waals surface area contributed by atoms with E-state index in [4.69, 9.17) is 9.84 Å². The van der Waals surface area contributed by atoms with Crippen LogP contribution in [0.25, 0.3) is 0 Å². The van der Waals surface area contributed by atoms with Gasteiger partial charge in [-0.3, -0.25) is 0 Å². The molecule has 0 saturated heterocycles. The third-order valence-corrected chi connectivity index (χ3v) is 1.89. The molecule has 2 N–H and O–H groups in total. The predicted molar refractivity (Wildman–Crippen MR) is 59.2 cm³/mol. The zero-order valence-corrected chi connectivity index (χ0v) is 9.65. The minimum Gasteiger partial charge on any atom is -0.508 e. The molecule has 4 nitrogen and oxygen atoms in total. The minimum absolute atomic E-state index is 0.106. The number of aliphatic hydroxyl groups excluding tert-OH is 1. The number of hydrogen-bond donors (Lipinski definition) is 2. The summed E-state index contributed by atoms with van der Waals surface area (Å²) in [6.07, 6.45) is 0. The number of ether oxygens (including phenoxy) is 1. The topological polar surface area (TPSA) is 66.8 Å². The zero-order valence-electron chi connectivity index (χ0n) is 9.65. The first-order valence-corrected chi connectivity index (χ1v) is 4.99. The van der Waals surface area contributed by atoms with Crippen LogP contribution in [-0.4, -0.2) is 21.8 Å². The van der Waals surface area contributed by atoms with Gasteiger partial charge in [0.2, 0.25) is 0 Å². The molecule has 0 unspecified atom stereocenters. The maximum Gasteiger partial charge on any atom is 0.338 e. The molecule has 1 rings (SSSR count). The predicted octanol–water partition coefficient (Wildman–Crippen LogP) is 1.84. The molecular formula is C12H16O4. The van der Waals surface area contributed by atoms with Crippen molar-refractivity contribution >= 4 is 5.97 Å². The van der Waals surface area contributed by atoms with Crippen LogP contribution in [0.5, 0.6) is 5.75 Å². The molecule has 0 aliphatic carbocycles. The van der Waals surface area contributed by atoms with Crippen molar-refractivity contribution in [1.82, 2.24) is 0 Å². The highest BCUT2D eigenvalue weighted by Gasteiger charge is 2.18. The molecule has 1 aromatic carbocycles. The molecule has 0 saturated carbocycles. The molecule has 0 aliphatic heterocycles. The van der Waals surface area contributed by atoms with E-state index in [-0.39, 0.29) is 17.9 Å². The molecule has 0 heterocycles. The van der Waals surface area contributed by atoms with E-state index < -0.39 is 11.6 Å². The standard InChI is InChI=1S/C12H16O4/c1-12(2,3)16-11(15)8-4-5-9(7-13)10(14)6-8/h4-6,13-14H,7H2,1-3H3. The van der Waals surface area contributed by atoms with Gasteiger partial charge in [0, 0.05) is 5.56 Å². The lowest BCUT2D eigenvalue weighted by atomic mass is 10.1. The number of aromatic hydroxyl groups is 1. The van der Waals surface area contributed by atoms with E-state index in [1.54, 1.807) is 20.8 Å². The van der Waals surface area contributed by atoms with Crippen molar-refractivity contribution < 1.29 is 19.7 Å². The Kier molecular flexibility index (Phi) is 3.55. The molecule has 0 fully saturated rings. The van der Waals surface area contributed by atoms with E-state index in [0.717, 1.165) is 0 Å². The van der Waals surface area contributed by atoms with Crippen LogP contribution in [0.3, 0.4) is 0 Å². The van der Waals surface area contributed by atoms with Gasteiger partial charge in [-0.25, -0.2) is 4.79 Å². The second-order valence-corrected chi connectivity index (χ2v) is 4.50. The van der Waals surface area contributed by atoms with Gasteiger partial charge in [-0.1, -0.05) is 6.07 Å². The van der Waals surface area contributed by atoms with Crippen LogP contribution in [0.15, 0.2) is 18.2 Å². The van der Waals surface area contributed by atoms with Crippen molar-refractivity contribution in [2.75, 3.05) is 0 Å². The number of rotatable bonds is 2. The summed E-state index contributed by atoms with van der Waals surface area (Å²) in [5.74, 6) is -0.599. The van der Waals surface area contributed by atoms with Crippen molar-refractivity contribution in [3.05, 3.63) is 29.3 Å². The van der Waals surface area contributed by atoms with Crippen molar-refractivity contribution in [2.24, 2.45) is 0 Å². The quantitative estimate of drug-likeness (QED) is 0.752. The summed E-state index contributed by atoms with van der Waals surface area (Å²) in [6.45, 7) is 5.05. The first kappa shape index (κ1) is 12.5. The first-order chi connectivity index (χ1) is 7.33. The second kappa shape index (κ2) is 4.53. The molecule has 0 spiro atoms. The summed E-state index contributed by atoms with van der Waals surface area (Å²) in [7, 11) is 0. The Bertz CT molecular complexity index is 390. The van der Waals surface area contributed by atoms with Crippen LogP contribution in [-0.2, 0) is 11.3 Å². The molecule has 0 aromatic heterocycles. The lowest BCUT2D eigenvalue weighted by molar-refractivity contribution is 0.00690.